The molecule has 2 unspecified atom stereocenters. The number of halogens is 1. The van der Waals surface area contributed by atoms with Gasteiger partial charge in [0.15, 0.2) is 0 Å². The molecule has 0 bridgehead atoms. The van der Waals surface area contributed by atoms with Crippen LogP contribution in [0.5, 0.6) is 0 Å². The minimum Gasteiger partial charge on any atom is -0.373 e. The average molecular weight is 247 g/mol. The Morgan fingerprint density at radius 1 is 1.06 bits per heavy atom. The summed E-state index contributed by atoms with van der Waals surface area (Å²) < 4.78 is 5.86. The predicted molar refractivity (Wildman–Crippen MR) is 71.5 cm³/mol. The van der Waals surface area contributed by atoms with E-state index in [1.165, 1.54) is 16.3 Å². The topological polar surface area (TPSA) is 9.23 Å². The summed E-state index contributed by atoms with van der Waals surface area (Å²) in [6, 6.07) is 14.8. The van der Waals surface area contributed by atoms with E-state index in [0.29, 0.717) is 0 Å². The zero-order valence-electron chi connectivity index (χ0n) is 9.60. The Morgan fingerprint density at radius 2 is 1.88 bits per heavy atom. The number of rotatable bonds is 1. The monoisotopic (exact) mass is 246 g/mol. The van der Waals surface area contributed by atoms with E-state index in [1.54, 1.807) is 0 Å². The van der Waals surface area contributed by atoms with E-state index < -0.39 is 0 Å². The van der Waals surface area contributed by atoms with Gasteiger partial charge in [-0.2, -0.15) is 0 Å². The maximum Gasteiger partial charge on any atom is 0.0845 e. The van der Waals surface area contributed by atoms with Gasteiger partial charge < -0.3 is 4.74 Å². The summed E-state index contributed by atoms with van der Waals surface area (Å²) in [5, 5.41) is 2.80. The Balaban J connectivity index is 2.04. The van der Waals surface area contributed by atoms with Crippen LogP contribution in [-0.2, 0) is 4.74 Å². The molecule has 1 aliphatic rings. The molecule has 2 aromatic carbocycles. The molecule has 17 heavy (non-hydrogen) atoms. The Kier molecular flexibility index (Phi) is 3.04. The summed E-state index contributed by atoms with van der Waals surface area (Å²) in [5.41, 5.74) is 1.27. The first kappa shape index (κ1) is 11.1. The zero-order chi connectivity index (χ0) is 11.7. The highest BCUT2D eigenvalue weighted by Crippen LogP contribution is 2.34. The molecule has 0 spiro atoms. The van der Waals surface area contributed by atoms with E-state index in [0.717, 1.165) is 19.4 Å². The van der Waals surface area contributed by atoms with Gasteiger partial charge in [0.25, 0.3) is 0 Å². The van der Waals surface area contributed by atoms with Gasteiger partial charge in [0.05, 0.1) is 6.10 Å². The van der Waals surface area contributed by atoms with Gasteiger partial charge >= 0.3 is 0 Å². The smallest absolute Gasteiger partial charge is 0.0845 e. The van der Waals surface area contributed by atoms with Crippen LogP contribution in [0.2, 0.25) is 0 Å². The van der Waals surface area contributed by atoms with Crippen molar-refractivity contribution in [2.45, 2.75) is 24.3 Å². The molecule has 2 aromatic rings. The molecule has 2 heteroatoms. The molecule has 0 N–H and O–H groups in total. The summed E-state index contributed by atoms with van der Waals surface area (Å²) in [6.07, 6.45) is 2.02. The fraction of sp³-hybridized carbons (Fsp3) is 0.333. The molecule has 2 atom stereocenters. The fourth-order valence-electron chi connectivity index (χ4n) is 2.50. The van der Waals surface area contributed by atoms with Crippen LogP contribution in [0.25, 0.3) is 10.8 Å². The third-order valence-electron chi connectivity index (χ3n) is 3.39. The Labute approximate surface area is 106 Å². The summed E-state index contributed by atoms with van der Waals surface area (Å²) in [5.74, 6) is 0. The standard InChI is InChI=1S/C15H15ClO/c16-12-8-9-17-15(10-12)14-7-3-5-11-4-1-2-6-13(11)14/h1-7,12,15H,8-10H2. The van der Waals surface area contributed by atoms with Gasteiger partial charge in [0.2, 0.25) is 0 Å². The minimum atomic E-state index is 0.150. The van der Waals surface area contributed by atoms with Crippen LogP contribution >= 0.6 is 11.6 Å². The molecule has 1 heterocycles. The van der Waals surface area contributed by atoms with Crippen molar-refractivity contribution in [3.8, 4) is 0 Å². The summed E-state index contributed by atoms with van der Waals surface area (Å²) >= 11 is 6.23. The molecule has 0 aromatic heterocycles. The Bertz CT molecular complexity index is 518. The van der Waals surface area contributed by atoms with Gasteiger partial charge in [-0.15, -0.1) is 11.6 Å². The van der Waals surface area contributed by atoms with Gasteiger partial charge in [-0.1, -0.05) is 42.5 Å². The van der Waals surface area contributed by atoms with Crippen LogP contribution in [0.15, 0.2) is 42.5 Å². The third kappa shape index (κ3) is 2.18. The molecule has 1 aliphatic heterocycles. The quantitative estimate of drug-likeness (QED) is 0.682. The lowest BCUT2D eigenvalue weighted by Crippen LogP contribution is -2.20. The van der Waals surface area contributed by atoms with Crippen molar-refractivity contribution in [2.24, 2.45) is 0 Å². The van der Waals surface area contributed by atoms with Crippen LogP contribution in [0, 0.1) is 0 Å². The summed E-state index contributed by atoms with van der Waals surface area (Å²) in [7, 11) is 0. The van der Waals surface area contributed by atoms with Gasteiger partial charge in [-0.25, -0.2) is 0 Å². The average Bonchev–Trinajstić information content (AvgIpc) is 2.38. The van der Waals surface area contributed by atoms with Gasteiger partial charge in [-0.3, -0.25) is 0 Å². The first-order valence-corrected chi connectivity index (χ1v) is 6.51. The van der Waals surface area contributed by atoms with Crippen molar-refractivity contribution in [3.63, 3.8) is 0 Å². The molecule has 0 aliphatic carbocycles. The molecule has 3 rings (SSSR count). The summed E-state index contributed by atoms with van der Waals surface area (Å²) in [6.45, 7) is 0.766. The van der Waals surface area contributed by atoms with Crippen molar-refractivity contribution in [1.82, 2.24) is 0 Å². The van der Waals surface area contributed by atoms with Crippen molar-refractivity contribution >= 4 is 22.4 Å². The first-order chi connectivity index (χ1) is 8.34. The lowest BCUT2D eigenvalue weighted by Gasteiger charge is -2.27. The lowest BCUT2D eigenvalue weighted by atomic mass is 9.96. The number of fused-ring (bicyclic) bond motifs is 1. The maximum atomic E-state index is 6.23. The van der Waals surface area contributed by atoms with Crippen molar-refractivity contribution in [1.29, 1.82) is 0 Å². The largest absolute Gasteiger partial charge is 0.373 e. The SMILES string of the molecule is ClC1CCOC(c2cccc3ccccc23)C1. The van der Waals surface area contributed by atoms with Crippen LogP contribution < -0.4 is 0 Å². The Hall–Kier alpha value is -1.05. The number of alkyl halides is 1. The second-order valence-corrected chi connectivity index (χ2v) is 5.17. The molecule has 1 fully saturated rings. The van der Waals surface area contributed by atoms with E-state index in [2.05, 4.69) is 42.5 Å². The molecule has 88 valence electrons. The molecule has 1 nitrogen and oxygen atoms in total. The number of ether oxygens (including phenoxy) is 1. The van der Waals surface area contributed by atoms with Crippen LogP contribution in [0.1, 0.15) is 24.5 Å². The van der Waals surface area contributed by atoms with E-state index >= 15 is 0 Å². The molecule has 0 saturated carbocycles. The van der Waals surface area contributed by atoms with Gasteiger partial charge in [0.1, 0.15) is 0 Å². The highest BCUT2D eigenvalue weighted by molar-refractivity contribution is 6.20. The Morgan fingerprint density at radius 3 is 2.76 bits per heavy atom. The van der Waals surface area contributed by atoms with Crippen molar-refractivity contribution in [2.75, 3.05) is 6.61 Å². The first-order valence-electron chi connectivity index (χ1n) is 6.08. The lowest BCUT2D eigenvalue weighted by molar-refractivity contribution is 0.0178. The third-order valence-corrected chi connectivity index (χ3v) is 3.79. The summed E-state index contributed by atoms with van der Waals surface area (Å²) in [4.78, 5) is 0. The number of hydrogen-bond acceptors (Lipinski definition) is 1. The van der Waals surface area contributed by atoms with Crippen LogP contribution in [-0.4, -0.2) is 12.0 Å². The molecular weight excluding hydrogens is 232 g/mol. The van der Waals surface area contributed by atoms with Gasteiger partial charge in [-0.05, 0) is 29.2 Å². The predicted octanol–water partition coefficient (Wildman–Crippen LogP) is 4.30. The molecule has 0 radical (unpaired) electrons. The second-order valence-electron chi connectivity index (χ2n) is 4.55. The van der Waals surface area contributed by atoms with E-state index in [4.69, 9.17) is 16.3 Å². The molecule has 0 amide bonds. The van der Waals surface area contributed by atoms with Crippen molar-refractivity contribution in [3.05, 3.63) is 48.0 Å². The molecular formula is C15H15ClO. The fourth-order valence-corrected chi connectivity index (χ4v) is 2.76. The number of hydrogen-bond donors (Lipinski definition) is 0. The highest BCUT2D eigenvalue weighted by Gasteiger charge is 2.23. The number of benzene rings is 2. The highest BCUT2D eigenvalue weighted by atomic mass is 35.5. The maximum absolute atomic E-state index is 6.23. The normalized spacial score (nSPS) is 25.0. The van der Waals surface area contributed by atoms with E-state index in [1.807, 2.05) is 0 Å². The van der Waals surface area contributed by atoms with E-state index in [-0.39, 0.29) is 11.5 Å². The minimum absolute atomic E-state index is 0.150. The molecule has 1 saturated heterocycles. The van der Waals surface area contributed by atoms with Crippen LogP contribution in [0.3, 0.4) is 0 Å². The second kappa shape index (κ2) is 4.67. The van der Waals surface area contributed by atoms with E-state index in [9.17, 15) is 0 Å². The van der Waals surface area contributed by atoms with Gasteiger partial charge in [0, 0.05) is 12.0 Å². The van der Waals surface area contributed by atoms with Crippen LogP contribution in [0.4, 0.5) is 0 Å². The zero-order valence-corrected chi connectivity index (χ0v) is 10.4. The van der Waals surface area contributed by atoms with Crippen molar-refractivity contribution < 1.29 is 4.74 Å².